The van der Waals surface area contributed by atoms with Gasteiger partial charge < -0.3 is 14.6 Å². The number of benzene rings is 3. The molecule has 3 unspecified atom stereocenters. The standard InChI is InChI=1S/C29H25Cl3O5/c30-23-8-5-19(13-24(23)31)18-2-1-16(11-18)12-26(33)17-3-6-20(7-4-17)37-28-15-27-22(14-25(28)32)21(29(34)35)9-10-36-27/h3-8,13-16,18,21H,1-2,9-12H2,(H,34,35). The Labute approximate surface area is 230 Å². The average Bonchev–Trinajstić information content (AvgIpc) is 3.34. The van der Waals surface area contributed by atoms with Crippen LogP contribution >= 0.6 is 34.8 Å². The highest BCUT2D eigenvalue weighted by Crippen LogP contribution is 2.43. The molecule has 1 fully saturated rings. The zero-order valence-corrected chi connectivity index (χ0v) is 22.2. The maximum absolute atomic E-state index is 12.9. The second-order valence-corrected chi connectivity index (χ2v) is 10.9. The lowest BCUT2D eigenvalue weighted by Crippen LogP contribution is -2.20. The molecule has 8 heteroatoms. The van der Waals surface area contributed by atoms with Gasteiger partial charge in [-0.25, -0.2) is 0 Å². The van der Waals surface area contributed by atoms with Gasteiger partial charge in [0, 0.05) is 23.6 Å². The Bertz CT molecular complexity index is 1340. The zero-order chi connectivity index (χ0) is 26.1. The molecular weight excluding hydrogens is 535 g/mol. The minimum absolute atomic E-state index is 0.103. The lowest BCUT2D eigenvalue weighted by atomic mass is 9.93. The third kappa shape index (κ3) is 5.74. The summed E-state index contributed by atoms with van der Waals surface area (Å²) < 4.78 is 11.6. The van der Waals surface area contributed by atoms with Crippen molar-refractivity contribution in [3.05, 3.63) is 86.4 Å². The number of carboxylic acid groups (broad SMARTS) is 1. The predicted molar refractivity (Wildman–Crippen MR) is 144 cm³/mol. The average molecular weight is 560 g/mol. The molecule has 2 aliphatic rings. The summed E-state index contributed by atoms with van der Waals surface area (Å²) in [4.78, 5) is 24.5. The van der Waals surface area contributed by atoms with Crippen molar-refractivity contribution >= 4 is 46.6 Å². The molecule has 0 amide bonds. The molecule has 1 aliphatic heterocycles. The van der Waals surface area contributed by atoms with E-state index in [9.17, 15) is 14.7 Å². The quantitative estimate of drug-likeness (QED) is 0.294. The van der Waals surface area contributed by atoms with Crippen LogP contribution in [0, 0.1) is 5.92 Å². The van der Waals surface area contributed by atoms with Gasteiger partial charge in [-0.15, -0.1) is 0 Å². The number of ketones is 1. The summed E-state index contributed by atoms with van der Waals surface area (Å²) in [7, 11) is 0. The molecule has 37 heavy (non-hydrogen) atoms. The topological polar surface area (TPSA) is 72.8 Å². The van der Waals surface area contributed by atoms with E-state index in [0.29, 0.717) is 74.7 Å². The molecule has 0 bridgehead atoms. The van der Waals surface area contributed by atoms with Gasteiger partial charge in [0.15, 0.2) is 5.78 Å². The molecule has 0 radical (unpaired) electrons. The normalized spacial score (nSPS) is 20.7. The number of carbonyl (C=O) groups is 2. The van der Waals surface area contributed by atoms with Crippen molar-refractivity contribution in [2.24, 2.45) is 5.92 Å². The Morgan fingerprint density at radius 1 is 0.919 bits per heavy atom. The third-order valence-corrected chi connectivity index (χ3v) is 8.27. The second kappa shape index (κ2) is 10.9. The summed E-state index contributed by atoms with van der Waals surface area (Å²) in [5.41, 5.74) is 2.36. The van der Waals surface area contributed by atoms with E-state index in [1.165, 1.54) is 5.56 Å². The van der Waals surface area contributed by atoms with E-state index < -0.39 is 11.9 Å². The van der Waals surface area contributed by atoms with Crippen LogP contribution < -0.4 is 9.47 Å². The molecule has 0 saturated heterocycles. The second-order valence-electron chi connectivity index (χ2n) is 9.65. The Kier molecular flexibility index (Phi) is 7.66. The number of Topliss-reactive ketones (excluding diaryl/α,β-unsaturated/α-hetero) is 1. The van der Waals surface area contributed by atoms with Gasteiger partial charge in [0.25, 0.3) is 0 Å². The van der Waals surface area contributed by atoms with Crippen LogP contribution in [0.4, 0.5) is 0 Å². The fourth-order valence-electron chi connectivity index (χ4n) is 5.27. The number of ether oxygens (including phenoxy) is 2. The van der Waals surface area contributed by atoms with Gasteiger partial charge >= 0.3 is 5.97 Å². The van der Waals surface area contributed by atoms with Gasteiger partial charge in [-0.1, -0.05) is 40.9 Å². The summed E-state index contributed by atoms with van der Waals surface area (Å²) in [5.74, 6) is 0.601. The smallest absolute Gasteiger partial charge is 0.311 e. The van der Waals surface area contributed by atoms with Crippen molar-refractivity contribution in [1.29, 1.82) is 0 Å². The summed E-state index contributed by atoms with van der Waals surface area (Å²) in [6, 6.07) is 16.0. The van der Waals surface area contributed by atoms with Crippen LogP contribution in [0.5, 0.6) is 17.2 Å². The molecule has 1 heterocycles. The van der Waals surface area contributed by atoms with E-state index >= 15 is 0 Å². The maximum Gasteiger partial charge on any atom is 0.311 e. The number of aliphatic carboxylic acids is 1. The molecule has 0 spiro atoms. The minimum Gasteiger partial charge on any atom is -0.493 e. The predicted octanol–water partition coefficient (Wildman–Crippen LogP) is 8.55. The van der Waals surface area contributed by atoms with Crippen molar-refractivity contribution < 1.29 is 24.2 Å². The van der Waals surface area contributed by atoms with Gasteiger partial charge in [-0.2, -0.15) is 0 Å². The van der Waals surface area contributed by atoms with E-state index in [1.54, 1.807) is 36.4 Å². The van der Waals surface area contributed by atoms with Crippen LogP contribution in [-0.2, 0) is 4.79 Å². The number of hydrogen-bond donors (Lipinski definition) is 1. The van der Waals surface area contributed by atoms with Gasteiger partial charge in [0.2, 0.25) is 0 Å². The van der Waals surface area contributed by atoms with Crippen LogP contribution in [0.15, 0.2) is 54.6 Å². The van der Waals surface area contributed by atoms with Gasteiger partial charge in [0.05, 0.1) is 27.6 Å². The fraction of sp³-hybridized carbons (Fsp3) is 0.310. The maximum atomic E-state index is 12.9. The molecule has 3 atom stereocenters. The Morgan fingerprint density at radius 3 is 2.43 bits per heavy atom. The first-order valence-electron chi connectivity index (χ1n) is 12.2. The highest BCUT2D eigenvalue weighted by molar-refractivity contribution is 6.42. The highest BCUT2D eigenvalue weighted by atomic mass is 35.5. The number of carbonyl (C=O) groups excluding carboxylic acids is 1. The van der Waals surface area contributed by atoms with E-state index in [1.807, 2.05) is 18.2 Å². The largest absolute Gasteiger partial charge is 0.493 e. The van der Waals surface area contributed by atoms with E-state index in [-0.39, 0.29) is 5.78 Å². The van der Waals surface area contributed by atoms with Crippen LogP contribution in [0.3, 0.4) is 0 Å². The molecule has 1 aliphatic carbocycles. The molecule has 1 saturated carbocycles. The van der Waals surface area contributed by atoms with Gasteiger partial charge in [0.1, 0.15) is 17.2 Å². The van der Waals surface area contributed by atoms with Crippen LogP contribution in [0.2, 0.25) is 15.1 Å². The number of fused-ring (bicyclic) bond motifs is 1. The number of rotatable bonds is 7. The fourth-order valence-corrected chi connectivity index (χ4v) is 5.79. The van der Waals surface area contributed by atoms with E-state index in [0.717, 1.165) is 19.3 Å². The number of halogens is 3. The summed E-state index contributed by atoms with van der Waals surface area (Å²) in [6.07, 6.45) is 3.87. The lowest BCUT2D eigenvalue weighted by molar-refractivity contribution is -0.139. The minimum atomic E-state index is -0.906. The van der Waals surface area contributed by atoms with Crippen LogP contribution in [0.25, 0.3) is 0 Å². The Morgan fingerprint density at radius 2 is 1.70 bits per heavy atom. The third-order valence-electron chi connectivity index (χ3n) is 7.24. The molecular formula is C29H25Cl3O5. The first-order valence-corrected chi connectivity index (χ1v) is 13.4. The van der Waals surface area contributed by atoms with Crippen molar-refractivity contribution in [3.63, 3.8) is 0 Å². The molecule has 3 aromatic carbocycles. The lowest BCUT2D eigenvalue weighted by Gasteiger charge is -2.24. The van der Waals surface area contributed by atoms with Crippen molar-refractivity contribution in [1.82, 2.24) is 0 Å². The van der Waals surface area contributed by atoms with E-state index in [4.69, 9.17) is 44.3 Å². The molecule has 192 valence electrons. The van der Waals surface area contributed by atoms with E-state index in [2.05, 4.69) is 0 Å². The van der Waals surface area contributed by atoms with Gasteiger partial charge in [-0.3, -0.25) is 9.59 Å². The molecule has 5 nitrogen and oxygen atoms in total. The first kappa shape index (κ1) is 25.9. The number of hydrogen-bond acceptors (Lipinski definition) is 4. The number of carboxylic acids is 1. The summed E-state index contributed by atoms with van der Waals surface area (Å²) in [5, 5.41) is 10.9. The van der Waals surface area contributed by atoms with Gasteiger partial charge in [-0.05, 0) is 85.5 Å². The molecule has 0 aromatic heterocycles. The Hall–Kier alpha value is -2.73. The highest BCUT2D eigenvalue weighted by Gasteiger charge is 2.30. The molecule has 3 aromatic rings. The summed E-state index contributed by atoms with van der Waals surface area (Å²) >= 11 is 18.6. The van der Waals surface area contributed by atoms with Crippen molar-refractivity contribution in [2.75, 3.05) is 6.61 Å². The van der Waals surface area contributed by atoms with Crippen LogP contribution in [-0.4, -0.2) is 23.5 Å². The first-order chi connectivity index (χ1) is 17.8. The Balaban J connectivity index is 1.21. The molecule has 5 rings (SSSR count). The van der Waals surface area contributed by atoms with Crippen molar-refractivity contribution in [2.45, 2.75) is 43.9 Å². The van der Waals surface area contributed by atoms with Crippen LogP contribution in [0.1, 0.15) is 65.4 Å². The monoisotopic (exact) mass is 558 g/mol. The molecule has 1 N–H and O–H groups in total. The van der Waals surface area contributed by atoms with Crippen molar-refractivity contribution in [3.8, 4) is 17.2 Å². The zero-order valence-electron chi connectivity index (χ0n) is 19.9. The summed E-state index contributed by atoms with van der Waals surface area (Å²) in [6.45, 7) is 0.317. The SMILES string of the molecule is O=C(CC1CCC(c2ccc(Cl)c(Cl)c2)C1)c1ccc(Oc2cc3c(cc2Cl)C(C(=O)O)CCO3)cc1.